The number of benzene rings is 1. The Morgan fingerprint density at radius 1 is 1.19 bits per heavy atom. The lowest BCUT2D eigenvalue weighted by Gasteiger charge is -2.37. The first-order valence-corrected chi connectivity index (χ1v) is 8.99. The van der Waals surface area contributed by atoms with Gasteiger partial charge in [-0.15, -0.1) is 0 Å². The molecule has 7 nitrogen and oxygen atoms in total. The second-order valence-electron chi connectivity index (χ2n) is 6.35. The maximum Gasteiger partial charge on any atom is 0.245 e. The molecule has 0 saturated carbocycles. The minimum Gasteiger partial charge on any atom is -0.495 e. The molecule has 2 heterocycles. The molecule has 1 saturated heterocycles. The Labute approximate surface area is 158 Å². The van der Waals surface area contributed by atoms with Crippen LogP contribution in [-0.4, -0.2) is 61.5 Å². The summed E-state index contributed by atoms with van der Waals surface area (Å²) in [4.78, 5) is 32.1. The Morgan fingerprint density at radius 2 is 1.93 bits per heavy atom. The second kappa shape index (κ2) is 9.02. The fourth-order valence-electron chi connectivity index (χ4n) is 3.31. The number of methoxy groups -OCH3 is 1. The topological polar surface area (TPSA) is 74.8 Å². The number of carbonyl (C=O) groups is 2. The van der Waals surface area contributed by atoms with Crippen LogP contribution in [0.4, 0.5) is 5.69 Å². The summed E-state index contributed by atoms with van der Waals surface area (Å²) in [5.41, 5.74) is 1.81. The van der Waals surface area contributed by atoms with Crippen molar-refractivity contribution in [3.63, 3.8) is 0 Å². The third kappa shape index (κ3) is 4.55. The van der Waals surface area contributed by atoms with E-state index in [9.17, 15) is 9.59 Å². The minimum atomic E-state index is -0.602. The van der Waals surface area contributed by atoms with Crippen molar-refractivity contribution in [2.45, 2.75) is 12.5 Å². The van der Waals surface area contributed by atoms with Crippen molar-refractivity contribution in [2.75, 3.05) is 38.2 Å². The average molecular weight is 368 g/mol. The third-order valence-electron chi connectivity index (χ3n) is 4.72. The minimum absolute atomic E-state index is 0.0765. The molecule has 7 heteroatoms. The van der Waals surface area contributed by atoms with Crippen molar-refractivity contribution < 1.29 is 14.3 Å². The van der Waals surface area contributed by atoms with Gasteiger partial charge in [-0.2, -0.15) is 0 Å². The molecule has 2 aromatic rings. The molecule has 1 aromatic heterocycles. The Bertz CT molecular complexity index is 761. The number of carbonyl (C=O) groups excluding carboxylic acids is 2. The monoisotopic (exact) mass is 368 g/mol. The fourth-order valence-corrected chi connectivity index (χ4v) is 3.31. The second-order valence-corrected chi connectivity index (χ2v) is 6.35. The van der Waals surface area contributed by atoms with Gasteiger partial charge in [-0.05, 0) is 24.3 Å². The number of nitrogens with one attached hydrogen (secondary N) is 1. The van der Waals surface area contributed by atoms with Gasteiger partial charge in [0.05, 0.1) is 12.8 Å². The van der Waals surface area contributed by atoms with Crippen LogP contribution in [0.25, 0.3) is 0 Å². The molecule has 2 amide bonds. The van der Waals surface area contributed by atoms with Crippen LogP contribution in [0.2, 0.25) is 0 Å². The molecule has 0 radical (unpaired) electrons. The van der Waals surface area contributed by atoms with Crippen molar-refractivity contribution in [1.29, 1.82) is 0 Å². The zero-order valence-corrected chi connectivity index (χ0v) is 15.4. The number of amides is 2. The van der Waals surface area contributed by atoms with Crippen molar-refractivity contribution in [1.82, 2.24) is 15.2 Å². The van der Waals surface area contributed by atoms with Crippen LogP contribution in [0.5, 0.6) is 5.75 Å². The van der Waals surface area contributed by atoms with Crippen LogP contribution in [0.1, 0.15) is 5.69 Å². The number of ether oxygens (including phenoxy) is 1. The summed E-state index contributed by atoms with van der Waals surface area (Å²) >= 11 is 0. The van der Waals surface area contributed by atoms with Gasteiger partial charge in [-0.3, -0.25) is 14.6 Å². The quantitative estimate of drug-likeness (QED) is 0.741. The van der Waals surface area contributed by atoms with Crippen molar-refractivity contribution in [3.05, 3.63) is 54.4 Å². The summed E-state index contributed by atoms with van der Waals surface area (Å²) in [6.07, 6.45) is 2.64. The van der Waals surface area contributed by atoms with Crippen molar-refractivity contribution in [2.24, 2.45) is 0 Å². The molecule has 1 fully saturated rings. The van der Waals surface area contributed by atoms with Crippen LogP contribution >= 0.6 is 0 Å². The molecule has 1 aliphatic rings. The van der Waals surface area contributed by atoms with Crippen LogP contribution < -0.4 is 15.0 Å². The predicted octanol–water partition coefficient (Wildman–Crippen LogP) is 1.10. The largest absolute Gasteiger partial charge is 0.495 e. The molecule has 1 aliphatic heterocycles. The van der Waals surface area contributed by atoms with Gasteiger partial charge in [-0.25, -0.2) is 0 Å². The lowest BCUT2D eigenvalue weighted by Crippen LogP contribution is -2.54. The van der Waals surface area contributed by atoms with Crippen LogP contribution in [-0.2, 0) is 16.0 Å². The molecule has 0 unspecified atom stereocenters. The molecule has 0 spiro atoms. The maximum absolute atomic E-state index is 12.9. The van der Waals surface area contributed by atoms with Gasteiger partial charge in [0, 0.05) is 44.5 Å². The first-order chi connectivity index (χ1) is 13.2. The highest BCUT2D eigenvalue weighted by Crippen LogP contribution is 2.28. The van der Waals surface area contributed by atoms with Gasteiger partial charge in [0.15, 0.2) is 0 Å². The van der Waals surface area contributed by atoms with E-state index in [2.05, 4.69) is 15.2 Å². The normalized spacial score (nSPS) is 15.1. The lowest BCUT2D eigenvalue weighted by atomic mass is 10.1. The van der Waals surface area contributed by atoms with E-state index in [0.29, 0.717) is 39.0 Å². The standard InChI is InChI=1S/C20H24N4O3/c1-27-19-8-3-2-7-18(19)23-10-12-24(13-11-23)20(26)17(22-15-25)14-16-6-4-5-9-21-16/h2-9,15,17H,10-14H2,1H3,(H,22,25)/t17-/m1/s1. The van der Waals surface area contributed by atoms with Crippen molar-refractivity contribution in [3.8, 4) is 5.75 Å². The first kappa shape index (κ1) is 18.7. The van der Waals surface area contributed by atoms with Gasteiger partial charge < -0.3 is 19.9 Å². The zero-order chi connectivity index (χ0) is 19.1. The van der Waals surface area contributed by atoms with Gasteiger partial charge in [-0.1, -0.05) is 18.2 Å². The molecular weight excluding hydrogens is 344 g/mol. The number of piperazine rings is 1. The summed E-state index contributed by atoms with van der Waals surface area (Å²) in [5.74, 6) is 0.750. The molecule has 27 heavy (non-hydrogen) atoms. The molecule has 142 valence electrons. The van der Waals surface area contributed by atoms with Gasteiger partial charge in [0.25, 0.3) is 0 Å². The van der Waals surface area contributed by atoms with E-state index in [1.54, 1.807) is 18.2 Å². The Hall–Kier alpha value is -3.09. The fraction of sp³-hybridized carbons (Fsp3) is 0.350. The third-order valence-corrected chi connectivity index (χ3v) is 4.72. The van der Waals surface area contributed by atoms with Gasteiger partial charge in [0.1, 0.15) is 11.8 Å². The molecule has 0 aliphatic carbocycles. The lowest BCUT2D eigenvalue weighted by molar-refractivity contribution is -0.135. The maximum atomic E-state index is 12.9. The summed E-state index contributed by atoms with van der Waals surface area (Å²) < 4.78 is 5.43. The molecule has 0 bridgehead atoms. The summed E-state index contributed by atoms with van der Waals surface area (Å²) in [5, 5.41) is 2.64. The van der Waals surface area contributed by atoms with E-state index < -0.39 is 6.04 Å². The number of hydrogen-bond acceptors (Lipinski definition) is 5. The van der Waals surface area contributed by atoms with E-state index in [1.807, 2.05) is 42.5 Å². The Morgan fingerprint density at radius 3 is 2.59 bits per heavy atom. The van der Waals surface area contributed by atoms with E-state index in [4.69, 9.17) is 4.74 Å². The molecule has 1 N–H and O–H groups in total. The Balaban J connectivity index is 1.63. The van der Waals surface area contributed by atoms with E-state index in [0.717, 1.165) is 17.1 Å². The average Bonchev–Trinajstić information content (AvgIpc) is 2.74. The van der Waals surface area contributed by atoms with Gasteiger partial charge in [0.2, 0.25) is 12.3 Å². The molecule has 1 aromatic carbocycles. The smallest absolute Gasteiger partial charge is 0.245 e. The number of pyridine rings is 1. The van der Waals surface area contributed by atoms with Crippen molar-refractivity contribution >= 4 is 18.0 Å². The summed E-state index contributed by atoms with van der Waals surface area (Å²) in [7, 11) is 1.66. The number of aromatic nitrogens is 1. The molecule has 3 rings (SSSR count). The Kier molecular flexibility index (Phi) is 6.25. The highest BCUT2D eigenvalue weighted by Gasteiger charge is 2.28. The zero-order valence-electron chi connectivity index (χ0n) is 15.4. The van der Waals surface area contributed by atoms with Crippen LogP contribution in [0, 0.1) is 0 Å². The summed E-state index contributed by atoms with van der Waals surface area (Å²) in [6.45, 7) is 2.61. The van der Waals surface area contributed by atoms with E-state index >= 15 is 0 Å². The highest BCUT2D eigenvalue weighted by atomic mass is 16.5. The number of nitrogens with zero attached hydrogens (tertiary/aromatic N) is 3. The number of rotatable bonds is 7. The first-order valence-electron chi connectivity index (χ1n) is 8.99. The van der Waals surface area contributed by atoms with Gasteiger partial charge >= 0.3 is 0 Å². The predicted molar refractivity (Wildman–Crippen MR) is 103 cm³/mol. The van der Waals surface area contributed by atoms with Crippen LogP contribution in [0.3, 0.4) is 0 Å². The number of anilines is 1. The summed E-state index contributed by atoms with van der Waals surface area (Å²) in [6, 6.07) is 12.8. The number of hydrogen-bond donors (Lipinski definition) is 1. The number of para-hydroxylation sites is 2. The SMILES string of the molecule is COc1ccccc1N1CCN(C(=O)[C@@H](Cc2ccccn2)NC=O)CC1. The van der Waals surface area contributed by atoms with Crippen LogP contribution in [0.15, 0.2) is 48.7 Å². The highest BCUT2D eigenvalue weighted by molar-refractivity contribution is 5.84. The molecule has 1 atom stereocenters. The molecular formula is C20H24N4O3. The van der Waals surface area contributed by atoms with E-state index in [-0.39, 0.29) is 5.91 Å². The van der Waals surface area contributed by atoms with E-state index in [1.165, 1.54) is 0 Å².